The Hall–Kier alpha value is -1.72. The molecule has 0 saturated heterocycles. The highest BCUT2D eigenvalue weighted by atomic mass is 16.5. The zero-order chi connectivity index (χ0) is 13.5. The molecule has 0 aliphatic rings. The molecule has 1 aromatic carbocycles. The molecule has 0 unspecified atom stereocenters. The van der Waals surface area contributed by atoms with Gasteiger partial charge in [0.15, 0.2) is 5.82 Å². The highest BCUT2D eigenvalue weighted by Crippen LogP contribution is 2.09. The first-order valence-corrected chi connectivity index (χ1v) is 6.40. The number of aromatic nitrogens is 3. The van der Waals surface area contributed by atoms with Gasteiger partial charge in [-0.2, -0.15) is 5.10 Å². The van der Waals surface area contributed by atoms with Crippen molar-refractivity contribution in [2.75, 3.05) is 13.7 Å². The largest absolute Gasteiger partial charge is 0.380 e. The van der Waals surface area contributed by atoms with Crippen molar-refractivity contribution in [2.24, 2.45) is 7.05 Å². The van der Waals surface area contributed by atoms with Crippen LogP contribution in [-0.4, -0.2) is 28.4 Å². The molecule has 102 valence electrons. The van der Waals surface area contributed by atoms with Gasteiger partial charge >= 0.3 is 0 Å². The summed E-state index contributed by atoms with van der Waals surface area (Å²) in [5.74, 6) is 0.875. The number of nitrogens with one attached hydrogen (secondary N) is 1. The first-order valence-electron chi connectivity index (χ1n) is 6.40. The van der Waals surface area contributed by atoms with Gasteiger partial charge in [0.05, 0.1) is 6.61 Å². The predicted octanol–water partition coefficient (Wildman–Crippen LogP) is 1.29. The number of hydrogen-bond acceptors (Lipinski definition) is 4. The van der Waals surface area contributed by atoms with E-state index < -0.39 is 0 Å². The van der Waals surface area contributed by atoms with E-state index in [1.807, 2.05) is 13.1 Å². The molecule has 0 spiro atoms. The van der Waals surface area contributed by atoms with Crippen LogP contribution in [-0.2, 0) is 31.4 Å². The number of nitrogens with zero attached hydrogens (tertiary/aromatic N) is 3. The average molecular weight is 260 g/mol. The van der Waals surface area contributed by atoms with Crippen LogP contribution in [0.5, 0.6) is 0 Å². The second-order valence-corrected chi connectivity index (χ2v) is 4.46. The molecule has 5 heteroatoms. The summed E-state index contributed by atoms with van der Waals surface area (Å²) in [6.45, 7) is 2.36. The predicted molar refractivity (Wildman–Crippen MR) is 73.6 cm³/mol. The van der Waals surface area contributed by atoms with Gasteiger partial charge in [-0.1, -0.05) is 24.3 Å². The van der Waals surface area contributed by atoms with Crippen molar-refractivity contribution in [3.8, 4) is 0 Å². The molecule has 19 heavy (non-hydrogen) atoms. The molecule has 0 radical (unpaired) electrons. The van der Waals surface area contributed by atoms with Gasteiger partial charge in [0.1, 0.15) is 6.33 Å². The number of methoxy groups -OCH3 is 1. The summed E-state index contributed by atoms with van der Waals surface area (Å²) in [6, 6.07) is 8.31. The summed E-state index contributed by atoms with van der Waals surface area (Å²) >= 11 is 0. The minimum atomic E-state index is 0.652. The SMILES string of the molecule is COCc1ccccc1CNCCc1ncn(C)n1. The maximum Gasteiger partial charge on any atom is 0.151 e. The number of rotatable bonds is 7. The van der Waals surface area contributed by atoms with E-state index >= 15 is 0 Å². The van der Waals surface area contributed by atoms with Crippen LogP contribution >= 0.6 is 0 Å². The summed E-state index contributed by atoms with van der Waals surface area (Å²) in [4.78, 5) is 4.20. The van der Waals surface area contributed by atoms with E-state index in [9.17, 15) is 0 Å². The smallest absolute Gasteiger partial charge is 0.151 e. The quantitative estimate of drug-likeness (QED) is 0.762. The van der Waals surface area contributed by atoms with Gasteiger partial charge in [-0.05, 0) is 11.1 Å². The molecule has 5 nitrogen and oxygen atoms in total. The van der Waals surface area contributed by atoms with Crippen LogP contribution < -0.4 is 5.32 Å². The fourth-order valence-corrected chi connectivity index (χ4v) is 1.95. The molecule has 0 saturated carbocycles. The number of hydrogen-bond donors (Lipinski definition) is 1. The molecular formula is C14H20N4O. The van der Waals surface area contributed by atoms with Crippen molar-refractivity contribution >= 4 is 0 Å². The lowest BCUT2D eigenvalue weighted by Crippen LogP contribution is -2.18. The van der Waals surface area contributed by atoms with Crippen molar-refractivity contribution < 1.29 is 4.74 Å². The Labute approximate surface area is 113 Å². The first-order chi connectivity index (χ1) is 9.29. The van der Waals surface area contributed by atoms with E-state index in [1.54, 1.807) is 18.1 Å². The van der Waals surface area contributed by atoms with Crippen LogP contribution in [0.1, 0.15) is 17.0 Å². The van der Waals surface area contributed by atoms with E-state index in [-0.39, 0.29) is 0 Å². The Balaban J connectivity index is 1.79. The Morgan fingerprint density at radius 3 is 2.74 bits per heavy atom. The van der Waals surface area contributed by atoms with E-state index in [2.05, 4.69) is 33.6 Å². The number of benzene rings is 1. The molecule has 0 amide bonds. The van der Waals surface area contributed by atoms with Crippen LogP contribution in [0.15, 0.2) is 30.6 Å². The summed E-state index contributed by atoms with van der Waals surface area (Å²) in [5.41, 5.74) is 2.51. The van der Waals surface area contributed by atoms with Crippen molar-refractivity contribution in [1.29, 1.82) is 0 Å². The van der Waals surface area contributed by atoms with Crippen LogP contribution in [0, 0.1) is 0 Å². The molecule has 0 bridgehead atoms. The number of aryl methyl sites for hydroxylation is 1. The van der Waals surface area contributed by atoms with Gasteiger partial charge in [-0.3, -0.25) is 4.68 Å². The topological polar surface area (TPSA) is 52.0 Å². The summed E-state index contributed by atoms with van der Waals surface area (Å²) in [5, 5.41) is 7.66. The molecule has 0 aliphatic heterocycles. The third kappa shape index (κ3) is 4.15. The fraction of sp³-hybridized carbons (Fsp3) is 0.429. The highest BCUT2D eigenvalue weighted by molar-refractivity contribution is 5.26. The Bertz CT molecular complexity index is 510. The maximum atomic E-state index is 5.20. The zero-order valence-electron chi connectivity index (χ0n) is 11.5. The van der Waals surface area contributed by atoms with Gasteiger partial charge < -0.3 is 10.1 Å². The molecule has 1 heterocycles. The van der Waals surface area contributed by atoms with Crippen molar-refractivity contribution in [1.82, 2.24) is 20.1 Å². The molecule has 1 aromatic heterocycles. The van der Waals surface area contributed by atoms with Gasteiger partial charge in [0.25, 0.3) is 0 Å². The van der Waals surface area contributed by atoms with Crippen LogP contribution in [0.25, 0.3) is 0 Å². The van der Waals surface area contributed by atoms with Gasteiger partial charge in [-0.25, -0.2) is 4.98 Å². The average Bonchev–Trinajstić information content (AvgIpc) is 2.83. The fourth-order valence-electron chi connectivity index (χ4n) is 1.95. The van der Waals surface area contributed by atoms with Crippen LogP contribution in [0.2, 0.25) is 0 Å². The molecule has 0 atom stereocenters. The van der Waals surface area contributed by atoms with E-state index in [0.29, 0.717) is 6.61 Å². The zero-order valence-corrected chi connectivity index (χ0v) is 11.5. The summed E-state index contributed by atoms with van der Waals surface area (Å²) < 4.78 is 6.92. The molecule has 0 fully saturated rings. The lowest BCUT2D eigenvalue weighted by molar-refractivity contribution is 0.184. The van der Waals surface area contributed by atoms with Crippen LogP contribution in [0.4, 0.5) is 0 Å². The Kier molecular flexibility index (Phi) is 5.06. The Morgan fingerprint density at radius 2 is 2.05 bits per heavy atom. The second kappa shape index (κ2) is 7.01. The first kappa shape index (κ1) is 13.7. The molecule has 0 aliphatic carbocycles. The third-order valence-electron chi connectivity index (χ3n) is 2.91. The normalized spacial score (nSPS) is 10.8. The van der Waals surface area contributed by atoms with Gasteiger partial charge in [0, 0.05) is 33.7 Å². The summed E-state index contributed by atoms with van der Waals surface area (Å²) in [6.07, 6.45) is 2.57. The maximum absolute atomic E-state index is 5.20. The molecule has 2 rings (SSSR count). The van der Waals surface area contributed by atoms with Gasteiger partial charge in [-0.15, -0.1) is 0 Å². The molecule has 1 N–H and O–H groups in total. The van der Waals surface area contributed by atoms with Crippen molar-refractivity contribution in [3.05, 3.63) is 47.5 Å². The lowest BCUT2D eigenvalue weighted by atomic mass is 10.1. The standard InChI is InChI=1S/C14H20N4O/c1-18-11-16-14(17-18)7-8-15-9-12-5-3-4-6-13(12)10-19-2/h3-6,11,15H,7-10H2,1-2H3. The second-order valence-electron chi connectivity index (χ2n) is 4.46. The van der Waals surface area contributed by atoms with Crippen LogP contribution in [0.3, 0.4) is 0 Å². The minimum Gasteiger partial charge on any atom is -0.380 e. The molecular weight excluding hydrogens is 240 g/mol. The summed E-state index contributed by atoms with van der Waals surface area (Å²) in [7, 11) is 3.60. The van der Waals surface area contributed by atoms with Crippen molar-refractivity contribution in [2.45, 2.75) is 19.6 Å². The van der Waals surface area contributed by atoms with Gasteiger partial charge in [0.2, 0.25) is 0 Å². The van der Waals surface area contributed by atoms with E-state index in [0.717, 1.165) is 25.3 Å². The minimum absolute atomic E-state index is 0.652. The number of ether oxygens (including phenoxy) is 1. The lowest BCUT2D eigenvalue weighted by Gasteiger charge is -2.09. The van der Waals surface area contributed by atoms with Crippen molar-refractivity contribution in [3.63, 3.8) is 0 Å². The third-order valence-corrected chi connectivity index (χ3v) is 2.91. The molecule has 2 aromatic rings. The highest BCUT2D eigenvalue weighted by Gasteiger charge is 2.02. The monoisotopic (exact) mass is 260 g/mol. The van der Waals surface area contributed by atoms with E-state index in [4.69, 9.17) is 4.74 Å². The Morgan fingerprint density at radius 1 is 1.26 bits per heavy atom. The van der Waals surface area contributed by atoms with E-state index in [1.165, 1.54) is 11.1 Å².